The lowest BCUT2D eigenvalue weighted by Gasteiger charge is -2.31. The molecule has 0 aromatic heterocycles. The van der Waals surface area contributed by atoms with Crippen LogP contribution in [0.25, 0.3) is 0 Å². The van der Waals surface area contributed by atoms with Crippen molar-refractivity contribution in [2.24, 2.45) is 0 Å². The van der Waals surface area contributed by atoms with Crippen LogP contribution < -0.4 is 10.6 Å². The molecular weight excluding hydrogens is 252 g/mol. The number of hydrogen-bond acceptors (Lipinski definition) is 4. The summed E-state index contributed by atoms with van der Waals surface area (Å²) in [5.41, 5.74) is 9.00. The zero-order valence-corrected chi connectivity index (χ0v) is 12.6. The first-order valence-corrected chi connectivity index (χ1v) is 7.33. The number of nitrogens with two attached hydrogens (primary N) is 1. The van der Waals surface area contributed by atoms with Crippen LogP contribution in [0.2, 0.25) is 0 Å². The Hall–Kier alpha value is -1.71. The highest BCUT2D eigenvalue weighted by Gasteiger charge is 2.23. The molecule has 1 aliphatic rings. The van der Waals surface area contributed by atoms with Crippen molar-refractivity contribution in [3.8, 4) is 0 Å². The number of benzene rings is 1. The van der Waals surface area contributed by atoms with E-state index < -0.39 is 0 Å². The Morgan fingerprint density at radius 1 is 1.40 bits per heavy atom. The van der Waals surface area contributed by atoms with Crippen LogP contribution in [-0.2, 0) is 4.74 Å². The third-order valence-electron chi connectivity index (χ3n) is 4.21. The summed E-state index contributed by atoms with van der Waals surface area (Å²) in [5.74, 6) is -0.366. The Labute approximate surface area is 120 Å². The molecule has 0 aliphatic heterocycles. The molecule has 0 bridgehead atoms. The molecule has 4 heteroatoms. The predicted molar refractivity (Wildman–Crippen MR) is 82.2 cm³/mol. The summed E-state index contributed by atoms with van der Waals surface area (Å²) in [6.45, 7) is 5.03. The van der Waals surface area contributed by atoms with Gasteiger partial charge in [0.2, 0.25) is 0 Å². The van der Waals surface area contributed by atoms with Crippen molar-refractivity contribution in [3.63, 3.8) is 0 Å². The zero-order chi connectivity index (χ0) is 14.7. The van der Waals surface area contributed by atoms with E-state index in [4.69, 9.17) is 10.5 Å². The van der Waals surface area contributed by atoms with Crippen molar-refractivity contribution in [1.29, 1.82) is 0 Å². The smallest absolute Gasteiger partial charge is 0.340 e. The van der Waals surface area contributed by atoms with Gasteiger partial charge in [-0.25, -0.2) is 4.79 Å². The highest BCUT2D eigenvalue weighted by atomic mass is 16.5. The van der Waals surface area contributed by atoms with Crippen molar-refractivity contribution in [2.45, 2.75) is 45.6 Å². The summed E-state index contributed by atoms with van der Waals surface area (Å²) < 4.78 is 4.83. The number of carbonyl (C=O) groups excluding carboxylic acids is 1. The minimum Gasteiger partial charge on any atom is -0.465 e. The van der Waals surface area contributed by atoms with E-state index in [2.05, 4.69) is 17.9 Å². The van der Waals surface area contributed by atoms with Crippen molar-refractivity contribution < 1.29 is 9.53 Å². The van der Waals surface area contributed by atoms with Gasteiger partial charge in [-0.1, -0.05) is 12.8 Å². The first-order chi connectivity index (χ1) is 9.58. The van der Waals surface area contributed by atoms with E-state index >= 15 is 0 Å². The van der Waals surface area contributed by atoms with Gasteiger partial charge >= 0.3 is 5.97 Å². The number of nitrogens with zero attached hydrogens (tertiary/aromatic N) is 1. The molecule has 1 aromatic carbocycles. The molecule has 1 aliphatic carbocycles. The second kappa shape index (κ2) is 6.16. The van der Waals surface area contributed by atoms with Gasteiger partial charge in [0.1, 0.15) is 0 Å². The van der Waals surface area contributed by atoms with Gasteiger partial charge in [-0.3, -0.25) is 0 Å². The molecule has 0 unspecified atom stereocenters. The van der Waals surface area contributed by atoms with Crippen LogP contribution in [0.15, 0.2) is 12.1 Å². The van der Waals surface area contributed by atoms with Gasteiger partial charge in [0.15, 0.2) is 0 Å². The number of hydrogen-bond donors (Lipinski definition) is 1. The number of aryl methyl sites for hydroxylation is 1. The predicted octanol–water partition coefficient (Wildman–Crippen LogP) is 3.13. The monoisotopic (exact) mass is 276 g/mol. The van der Waals surface area contributed by atoms with Gasteiger partial charge in [0.05, 0.1) is 12.7 Å². The molecule has 0 spiro atoms. The number of nitrogen functional groups attached to an aromatic ring is 1. The van der Waals surface area contributed by atoms with Crippen LogP contribution in [0.1, 0.15) is 48.5 Å². The van der Waals surface area contributed by atoms with E-state index in [1.54, 1.807) is 0 Å². The third kappa shape index (κ3) is 2.74. The topological polar surface area (TPSA) is 55.6 Å². The van der Waals surface area contributed by atoms with E-state index in [0.29, 0.717) is 17.3 Å². The van der Waals surface area contributed by atoms with Crippen LogP contribution in [-0.4, -0.2) is 25.7 Å². The second-order valence-electron chi connectivity index (χ2n) is 5.44. The fourth-order valence-corrected chi connectivity index (χ4v) is 3.09. The maximum Gasteiger partial charge on any atom is 0.340 e. The van der Waals surface area contributed by atoms with Crippen LogP contribution in [0, 0.1) is 6.92 Å². The van der Waals surface area contributed by atoms with Gasteiger partial charge in [0, 0.05) is 24.0 Å². The molecule has 20 heavy (non-hydrogen) atoms. The fraction of sp³-hybridized carbons (Fsp3) is 0.562. The van der Waals surface area contributed by atoms with Crippen LogP contribution in [0.4, 0.5) is 11.4 Å². The molecule has 0 amide bonds. The third-order valence-corrected chi connectivity index (χ3v) is 4.21. The molecule has 1 aromatic rings. The molecule has 1 fully saturated rings. The van der Waals surface area contributed by atoms with Crippen LogP contribution >= 0.6 is 0 Å². The Morgan fingerprint density at radius 3 is 2.60 bits per heavy atom. The van der Waals surface area contributed by atoms with Gasteiger partial charge in [0.25, 0.3) is 0 Å². The van der Waals surface area contributed by atoms with Gasteiger partial charge < -0.3 is 15.4 Å². The van der Waals surface area contributed by atoms with E-state index in [9.17, 15) is 4.79 Å². The Bertz CT molecular complexity index is 493. The van der Waals surface area contributed by atoms with E-state index in [0.717, 1.165) is 17.8 Å². The number of anilines is 2. The maximum atomic E-state index is 11.9. The molecule has 4 nitrogen and oxygen atoms in total. The standard InChI is InChI=1S/C16H24N2O2/c1-4-18(12-7-5-6-8-12)13-9-11(2)15(17)14(10-13)16(19)20-3/h9-10,12H,4-8,17H2,1-3H3. The Morgan fingerprint density at radius 2 is 2.05 bits per heavy atom. The van der Waals surface area contributed by atoms with Crippen molar-refractivity contribution >= 4 is 17.3 Å². The molecule has 0 heterocycles. The highest BCUT2D eigenvalue weighted by molar-refractivity contribution is 5.97. The normalized spacial score (nSPS) is 15.3. The SMILES string of the molecule is CCN(c1cc(C)c(N)c(C(=O)OC)c1)C1CCCC1. The summed E-state index contributed by atoms with van der Waals surface area (Å²) in [7, 11) is 1.39. The second-order valence-corrected chi connectivity index (χ2v) is 5.44. The first-order valence-electron chi connectivity index (χ1n) is 7.33. The summed E-state index contributed by atoms with van der Waals surface area (Å²) >= 11 is 0. The minimum absolute atomic E-state index is 0.366. The molecule has 1 saturated carbocycles. The summed E-state index contributed by atoms with van der Waals surface area (Å²) in [5, 5.41) is 0. The molecule has 0 saturated heterocycles. The minimum atomic E-state index is -0.366. The summed E-state index contributed by atoms with van der Waals surface area (Å²) in [6.07, 6.45) is 5.04. The maximum absolute atomic E-state index is 11.9. The van der Waals surface area contributed by atoms with Gasteiger partial charge in [-0.2, -0.15) is 0 Å². The zero-order valence-electron chi connectivity index (χ0n) is 12.6. The average Bonchev–Trinajstić information content (AvgIpc) is 2.96. The molecule has 2 N–H and O–H groups in total. The summed E-state index contributed by atoms with van der Waals surface area (Å²) in [4.78, 5) is 14.2. The van der Waals surface area contributed by atoms with Gasteiger partial charge in [-0.15, -0.1) is 0 Å². The average molecular weight is 276 g/mol. The highest BCUT2D eigenvalue weighted by Crippen LogP contribution is 2.31. The van der Waals surface area contributed by atoms with E-state index in [1.165, 1.54) is 32.8 Å². The number of rotatable bonds is 4. The number of ether oxygens (including phenoxy) is 1. The van der Waals surface area contributed by atoms with Gasteiger partial charge in [-0.05, 0) is 44.4 Å². The van der Waals surface area contributed by atoms with Crippen molar-refractivity contribution in [1.82, 2.24) is 0 Å². The Kier molecular flexibility index (Phi) is 4.53. The number of esters is 1. The quantitative estimate of drug-likeness (QED) is 0.678. The lowest BCUT2D eigenvalue weighted by Crippen LogP contribution is -2.33. The molecule has 0 atom stereocenters. The van der Waals surface area contributed by atoms with Crippen LogP contribution in [0.3, 0.4) is 0 Å². The molecular formula is C16H24N2O2. The van der Waals surface area contributed by atoms with E-state index in [-0.39, 0.29) is 5.97 Å². The van der Waals surface area contributed by atoms with E-state index in [1.807, 2.05) is 13.0 Å². The first kappa shape index (κ1) is 14.7. The lowest BCUT2D eigenvalue weighted by atomic mass is 10.0. The Balaban J connectivity index is 2.39. The van der Waals surface area contributed by atoms with Crippen molar-refractivity contribution in [3.05, 3.63) is 23.3 Å². The molecule has 0 radical (unpaired) electrons. The molecule has 2 rings (SSSR count). The van der Waals surface area contributed by atoms with Crippen LogP contribution in [0.5, 0.6) is 0 Å². The summed E-state index contributed by atoms with van der Waals surface area (Å²) in [6, 6.07) is 4.52. The number of methoxy groups -OCH3 is 1. The molecule has 110 valence electrons. The van der Waals surface area contributed by atoms with Crippen molar-refractivity contribution in [2.75, 3.05) is 24.3 Å². The number of carbonyl (C=O) groups is 1. The fourth-order valence-electron chi connectivity index (χ4n) is 3.09. The largest absolute Gasteiger partial charge is 0.465 e. The lowest BCUT2D eigenvalue weighted by molar-refractivity contribution is 0.0602.